The summed E-state index contributed by atoms with van der Waals surface area (Å²) in [7, 11) is 1.95. The van der Waals surface area contributed by atoms with E-state index < -0.39 is 11.6 Å². The molecule has 3 aliphatic rings. The number of amides is 1. The fourth-order valence-corrected chi connectivity index (χ4v) is 5.22. The summed E-state index contributed by atoms with van der Waals surface area (Å²) in [6, 6.07) is 2.62. The summed E-state index contributed by atoms with van der Waals surface area (Å²) >= 11 is 0. The SMILES string of the molecule is Cn1cnc2c1CC[C@H]2NC(=O)c1cnn(Cc2cc(F)c(N3CC4CC4C3)c(F)c2)c1. The molecule has 1 aliphatic heterocycles. The third-order valence-corrected chi connectivity index (χ3v) is 7.01. The number of aryl methyl sites for hydroxylation is 1. The van der Waals surface area contributed by atoms with Gasteiger partial charge in [-0.05, 0) is 48.8 Å². The van der Waals surface area contributed by atoms with E-state index in [2.05, 4.69) is 15.4 Å². The number of carbonyl (C=O) groups is 1. The maximum atomic E-state index is 14.7. The van der Waals surface area contributed by atoms with Crippen molar-refractivity contribution in [2.45, 2.75) is 31.8 Å². The van der Waals surface area contributed by atoms with Crippen LogP contribution in [0.5, 0.6) is 0 Å². The highest BCUT2D eigenvalue weighted by molar-refractivity contribution is 5.94. The molecule has 166 valence electrons. The summed E-state index contributed by atoms with van der Waals surface area (Å²) < 4.78 is 32.9. The third-order valence-electron chi connectivity index (χ3n) is 7.01. The van der Waals surface area contributed by atoms with Crippen molar-refractivity contribution in [3.63, 3.8) is 0 Å². The number of hydrogen-bond acceptors (Lipinski definition) is 4. The van der Waals surface area contributed by atoms with E-state index in [1.807, 2.05) is 16.5 Å². The number of carbonyl (C=O) groups excluding carboxylic acids is 1. The average Bonchev–Trinajstić information content (AvgIpc) is 3.20. The van der Waals surface area contributed by atoms with Crippen LogP contribution >= 0.6 is 0 Å². The first-order valence-electron chi connectivity index (χ1n) is 11.0. The number of aromatic nitrogens is 4. The van der Waals surface area contributed by atoms with Crippen LogP contribution in [-0.2, 0) is 20.0 Å². The van der Waals surface area contributed by atoms with Crippen LogP contribution in [0.25, 0.3) is 0 Å². The minimum atomic E-state index is -0.543. The number of fused-ring (bicyclic) bond motifs is 2. The van der Waals surface area contributed by atoms with Crippen LogP contribution in [0.15, 0.2) is 30.9 Å². The van der Waals surface area contributed by atoms with Gasteiger partial charge in [0.05, 0.1) is 36.4 Å². The summed E-state index contributed by atoms with van der Waals surface area (Å²) in [5.41, 5.74) is 3.01. The Morgan fingerprint density at radius 1 is 1.22 bits per heavy atom. The quantitative estimate of drug-likeness (QED) is 0.665. The van der Waals surface area contributed by atoms with Gasteiger partial charge in [0.15, 0.2) is 0 Å². The molecule has 1 aromatic carbocycles. The standard InChI is InChI=1S/C23H24F2N6O/c1-29-12-26-21-19(2-3-20(21)29)28-23(32)16-7-27-31(11-16)8-13-4-17(24)22(18(25)5-13)30-9-14-6-15(14)10-30/h4-5,7,11-12,14-15,19H,2-3,6,8-10H2,1H3,(H,28,32)/t14?,15?,19-/m1/s1. The van der Waals surface area contributed by atoms with Gasteiger partial charge in [-0.2, -0.15) is 5.10 Å². The predicted molar refractivity (Wildman–Crippen MR) is 113 cm³/mol. The van der Waals surface area contributed by atoms with Crippen LogP contribution in [0, 0.1) is 23.5 Å². The van der Waals surface area contributed by atoms with Gasteiger partial charge < -0.3 is 14.8 Å². The molecular weight excluding hydrogens is 414 g/mol. The molecule has 2 aromatic heterocycles. The first-order valence-corrected chi connectivity index (χ1v) is 11.0. The van der Waals surface area contributed by atoms with Crippen LogP contribution in [0.1, 0.15) is 46.2 Å². The number of halogens is 2. The van der Waals surface area contributed by atoms with Crippen LogP contribution in [-0.4, -0.2) is 38.3 Å². The summed E-state index contributed by atoms with van der Waals surface area (Å²) in [6.45, 7) is 1.65. The first-order chi connectivity index (χ1) is 15.5. The lowest BCUT2D eigenvalue weighted by Crippen LogP contribution is -2.27. The van der Waals surface area contributed by atoms with Gasteiger partial charge in [0.1, 0.15) is 17.3 Å². The lowest BCUT2D eigenvalue weighted by Gasteiger charge is -2.22. The molecule has 0 bridgehead atoms. The smallest absolute Gasteiger partial charge is 0.255 e. The third kappa shape index (κ3) is 3.27. The highest BCUT2D eigenvalue weighted by Crippen LogP contribution is 2.47. The largest absolute Gasteiger partial charge is 0.366 e. The average molecular weight is 438 g/mol. The van der Waals surface area contributed by atoms with Gasteiger partial charge in [-0.15, -0.1) is 0 Å². The summed E-state index contributed by atoms with van der Waals surface area (Å²) in [4.78, 5) is 18.9. The number of rotatable bonds is 5. The van der Waals surface area contributed by atoms with E-state index in [4.69, 9.17) is 0 Å². The second kappa shape index (κ2) is 7.15. The Hall–Kier alpha value is -3.23. The molecule has 0 radical (unpaired) electrons. The fourth-order valence-electron chi connectivity index (χ4n) is 5.22. The molecule has 3 heterocycles. The molecule has 2 aliphatic carbocycles. The van der Waals surface area contributed by atoms with Crippen molar-refractivity contribution in [3.05, 3.63) is 65.0 Å². The van der Waals surface area contributed by atoms with Crippen molar-refractivity contribution in [1.82, 2.24) is 24.6 Å². The summed E-state index contributed by atoms with van der Waals surface area (Å²) in [6.07, 6.45) is 7.70. The zero-order valence-electron chi connectivity index (χ0n) is 17.8. The van der Waals surface area contributed by atoms with E-state index in [1.54, 1.807) is 12.5 Å². The summed E-state index contributed by atoms with van der Waals surface area (Å²) in [5.74, 6) is -0.135. The van der Waals surface area contributed by atoms with E-state index >= 15 is 0 Å². The number of benzene rings is 1. The Labute approximate surface area is 184 Å². The van der Waals surface area contributed by atoms with Crippen LogP contribution in [0.2, 0.25) is 0 Å². The Kier molecular flexibility index (Phi) is 4.34. The molecule has 0 spiro atoms. The van der Waals surface area contributed by atoms with E-state index in [0.717, 1.165) is 37.3 Å². The van der Waals surface area contributed by atoms with Gasteiger partial charge in [-0.1, -0.05) is 0 Å². The van der Waals surface area contributed by atoms with Crippen LogP contribution < -0.4 is 10.2 Å². The van der Waals surface area contributed by atoms with E-state index in [9.17, 15) is 13.6 Å². The maximum absolute atomic E-state index is 14.7. The van der Waals surface area contributed by atoms with Crippen molar-refractivity contribution in [2.24, 2.45) is 18.9 Å². The van der Waals surface area contributed by atoms with Crippen molar-refractivity contribution in [1.29, 1.82) is 0 Å². The number of anilines is 1. The lowest BCUT2D eigenvalue weighted by atomic mass is 10.1. The number of piperidine rings is 1. The molecule has 3 atom stereocenters. The van der Waals surface area contributed by atoms with Crippen molar-refractivity contribution >= 4 is 11.6 Å². The molecule has 1 saturated heterocycles. The van der Waals surface area contributed by atoms with E-state index in [0.29, 0.717) is 23.0 Å². The Balaban J connectivity index is 1.14. The normalized spacial score (nSPS) is 23.3. The molecule has 32 heavy (non-hydrogen) atoms. The Morgan fingerprint density at radius 3 is 2.72 bits per heavy atom. The minimum absolute atomic E-state index is 0.0759. The molecule has 9 heteroatoms. The minimum Gasteiger partial charge on any atom is -0.366 e. The first kappa shape index (κ1) is 19.5. The molecule has 3 aromatic rings. The van der Waals surface area contributed by atoms with E-state index in [-0.39, 0.29) is 24.2 Å². The Morgan fingerprint density at radius 2 is 1.97 bits per heavy atom. The highest BCUT2D eigenvalue weighted by Gasteiger charge is 2.46. The fraction of sp³-hybridized carbons (Fsp3) is 0.435. The maximum Gasteiger partial charge on any atom is 0.255 e. The number of imidazole rings is 1. The van der Waals surface area contributed by atoms with Crippen LogP contribution in [0.4, 0.5) is 14.5 Å². The molecule has 7 nitrogen and oxygen atoms in total. The zero-order valence-corrected chi connectivity index (χ0v) is 17.8. The second-order valence-corrected chi connectivity index (χ2v) is 9.25. The van der Waals surface area contributed by atoms with Gasteiger partial charge in [-0.25, -0.2) is 13.8 Å². The Bertz CT molecular complexity index is 1180. The van der Waals surface area contributed by atoms with Gasteiger partial charge in [0, 0.05) is 32.0 Å². The zero-order chi connectivity index (χ0) is 22.0. The highest BCUT2D eigenvalue weighted by atomic mass is 19.1. The number of nitrogens with zero attached hydrogens (tertiary/aromatic N) is 5. The molecule has 1 saturated carbocycles. The van der Waals surface area contributed by atoms with E-state index in [1.165, 1.54) is 29.4 Å². The molecular formula is C23H24F2N6O. The van der Waals surface area contributed by atoms with Gasteiger partial charge in [0.2, 0.25) is 0 Å². The van der Waals surface area contributed by atoms with Crippen molar-refractivity contribution in [3.8, 4) is 0 Å². The van der Waals surface area contributed by atoms with Gasteiger partial charge >= 0.3 is 0 Å². The second-order valence-electron chi connectivity index (χ2n) is 9.25. The number of hydrogen-bond donors (Lipinski definition) is 1. The molecule has 1 amide bonds. The topological polar surface area (TPSA) is 68.0 Å². The molecule has 2 fully saturated rings. The number of nitrogens with one attached hydrogen (secondary N) is 1. The van der Waals surface area contributed by atoms with Gasteiger partial charge in [0.25, 0.3) is 5.91 Å². The molecule has 1 N–H and O–H groups in total. The lowest BCUT2D eigenvalue weighted by molar-refractivity contribution is 0.0936. The van der Waals surface area contributed by atoms with Crippen molar-refractivity contribution < 1.29 is 13.6 Å². The molecule has 2 unspecified atom stereocenters. The van der Waals surface area contributed by atoms with Crippen molar-refractivity contribution in [2.75, 3.05) is 18.0 Å². The summed E-state index contributed by atoms with van der Waals surface area (Å²) in [5, 5.41) is 7.22. The molecule has 6 rings (SSSR count). The predicted octanol–water partition coefficient (Wildman–Crippen LogP) is 2.82. The monoisotopic (exact) mass is 438 g/mol. The van der Waals surface area contributed by atoms with Crippen LogP contribution in [0.3, 0.4) is 0 Å². The van der Waals surface area contributed by atoms with Gasteiger partial charge in [-0.3, -0.25) is 9.48 Å².